The Kier molecular flexibility index (Phi) is 18.3. The first-order valence-corrected chi connectivity index (χ1v) is 30.9. The molecule has 4 aromatic carbocycles. The van der Waals surface area contributed by atoms with Gasteiger partial charge >= 0.3 is 11.5 Å². The van der Waals surface area contributed by atoms with Crippen molar-refractivity contribution in [3.63, 3.8) is 0 Å². The number of hydrogen-bond acceptors (Lipinski definition) is 14. The normalized spacial score (nSPS) is 18.5. The zero-order chi connectivity index (χ0) is 56.8. The van der Waals surface area contributed by atoms with E-state index < -0.39 is 58.8 Å². The monoisotopic (exact) mass is 1180 g/mol. The van der Waals surface area contributed by atoms with Gasteiger partial charge < -0.3 is 15.1 Å². The number of benzene rings is 4. The zero-order valence-corrected chi connectivity index (χ0v) is 47.8. The number of nitrogens with zero attached hydrogens (tertiary/aromatic N) is 6. The average Bonchev–Trinajstić information content (AvgIpc) is 3.43. The number of urea groups is 1. The molecule has 4 amide bonds. The fraction of sp³-hybridized carbons (Fsp3) is 0.404. The number of piperazine rings is 2. The molecule has 426 valence electrons. The van der Waals surface area contributed by atoms with E-state index in [9.17, 15) is 44.4 Å². The third-order valence-corrected chi connectivity index (χ3v) is 19.4. The minimum Gasteiger partial charge on any atom is -0.380 e. The van der Waals surface area contributed by atoms with Crippen LogP contribution in [0.4, 0.5) is 35.0 Å². The molecule has 0 radical (unpaired) electrons. The highest BCUT2D eigenvalue weighted by molar-refractivity contribution is 7.99. The summed E-state index contributed by atoms with van der Waals surface area (Å²) >= 11 is 7.64. The van der Waals surface area contributed by atoms with E-state index in [-0.39, 0.29) is 29.9 Å². The van der Waals surface area contributed by atoms with Gasteiger partial charge in [-0.3, -0.25) is 34.6 Å². The van der Waals surface area contributed by atoms with Crippen LogP contribution in [0.1, 0.15) is 67.4 Å². The number of pyridine rings is 1. The second-order valence-corrected chi connectivity index (χ2v) is 26.6. The number of amides is 4. The van der Waals surface area contributed by atoms with E-state index in [2.05, 4.69) is 61.2 Å². The number of halogens is 4. The van der Waals surface area contributed by atoms with Crippen LogP contribution in [0.3, 0.4) is 0 Å². The number of rotatable bonds is 19. The fourth-order valence-corrected chi connectivity index (χ4v) is 13.8. The van der Waals surface area contributed by atoms with Crippen LogP contribution in [-0.4, -0.2) is 144 Å². The van der Waals surface area contributed by atoms with Crippen molar-refractivity contribution < 1.29 is 44.4 Å². The first-order valence-electron chi connectivity index (χ1n) is 26.6. The summed E-state index contributed by atoms with van der Waals surface area (Å²) in [6, 6.07) is 27.0. The molecule has 3 aliphatic heterocycles. The van der Waals surface area contributed by atoms with Crippen molar-refractivity contribution in [3.8, 4) is 0 Å². The van der Waals surface area contributed by atoms with Gasteiger partial charge in [0.05, 0.1) is 22.5 Å². The third kappa shape index (κ3) is 14.7. The molecule has 0 saturated carbocycles. The average molecular weight is 1180 g/mol. The Morgan fingerprint density at radius 2 is 1.46 bits per heavy atom. The van der Waals surface area contributed by atoms with Crippen molar-refractivity contribution in [2.24, 2.45) is 5.41 Å². The number of nitrogens with one attached hydrogen (secondary N) is 3. The highest BCUT2D eigenvalue weighted by Gasteiger charge is 2.48. The number of carbonyl (C=O) groups is 3. The number of thioether (sulfide) groups is 1. The molecule has 1 aromatic heterocycles. The maximum atomic E-state index is 14.5. The molecule has 4 heterocycles. The summed E-state index contributed by atoms with van der Waals surface area (Å²) < 4.78 is 99.5. The lowest BCUT2D eigenvalue weighted by molar-refractivity contribution is -0.120. The second-order valence-electron chi connectivity index (χ2n) is 21.5. The van der Waals surface area contributed by atoms with Crippen LogP contribution >= 0.6 is 23.4 Å². The SMILES string of the molecule is CC1(C)CCC(c2ccc(Cl)cc2)=C(CN2CCN(c3ccc(C(=O)NS(=O)(=O)c4ccc(N[C@H](CCN5CCN(Cc6cncc(N7CCC(=O)NC7=O)c6)CC5)CSc5ccccc5)c(S(=O)(=O)C(F)(F)F)c4)cc3)CC2)C1. The lowest BCUT2D eigenvalue weighted by Crippen LogP contribution is -2.49. The van der Waals surface area contributed by atoms with Crippen LogP contribution < -0.4 is 25.2 Å². The van der Waals surface area contributed by atoms with Gasteiger partial charge in [-0.25, -0.2) is 26.4 Å². The van der Waals surface area contributed by atoms with Gasteiger partial charge in [-0.2, -0.15) is 13.2 Å². The van der Waals surface area contributed by atoms with E-state index in [0.717, 1.165) is 80.3 Å². The largest absolute Gasteiger partial charge is 0.501 e. The van der Waals surface area contributed by atoms with Crippen molar-refractivity contribution >= 4 is 83.7 Å². The molecule has 1 aliphatic carbocycles. The van der Waals surface area contributed by atoms with Gasteiger partial charge in [0.2, 0.25) is 5.91 Å². The van der Waals surface area contributed by atoms with E-state index >= 15 is 0 Å². The summed E-state index contributed by atoms with van der Waals surface area (Å²) in [6.45, 7) is 12.5. The molecule has 3 fully saturated rings. The minimum atomic E-state index is -6.13. The molecule has 3 saturated heterocycles. The molecule has 1 atom stereocenters. The Morgan fingerprint density at radius 1 is 0.787 bits per heavy atom. The number of anilines is 3. The third-order valence-electron chi connectivity index (χ3n) is 15.1. The van der Waals surface area contributed by atoms with Crippen LogP contribution in [0.25, 0.3) is 5.57 Å². The molecular formula is C57H65ClF3N9O7S3. The molecule has 0 bridgehead atoms. The predicted molar refractivity (Wildman–Crippen MR) is 306 cm³/mol. The molecular weight excluding hydrogens is 1110 g/mol. The number of imide groups is 1. The molecule has 23 heteroatoms. The van der Waals surface area contributed by atoms with E-state index in [0.29, 0.717) is 68.2 Å². The van der Waals surface area contributed by atoms with Crippen LogP contribution in [-0.2, 0) is 31.2 Å². The summed E-state index contributed by atoms with van der Waals surface area (Å²) in [4.78, 5) is 51.3. The Balaban J connectivity index is 0.833. The zero-order valence-electron chi connectivity index (χ0n) is 44.6. The predicted octanol–water partition coefficient (Wildman–Crippen LogP) is 9.16. The number of alkyl halides is 3. The molecule has 16 nitrogen and oxygen atoms in total. The molecule has 3 N–H and O–H groups in total. The Labute approximate surface area is 475 Å². The van der Waals surface area contributed by atoms with Crippen molar-refractivity contribution in [3.05, 3.63) is 143 Å². The van der Waals surface area contributed by atoms with Crippen molar-refractivity contribution in [1.82, 2.24) is 29.7 Å². The van der Waals surface area contributed by atoms with Gasteiger partial charge in [-0.15, -0.1) is 11.8 Å². The van der Waals surface area contributed by atoms with Crippen LogP contribution in [0.5, 0.6) is 0 Å². The van der Waals surface area contributed by atoms with Crippen LogP contribution in [0, 0.1) is 5.41 Å². The first kappa shape index (κ1) is 58.6. The number of sulfone groups is 1. The summed E-state index contributed by atoms with van der Waals surface area (Å²) in [7, 11) is -11.0. The molecule has 0 spiro atoms. The van der Waals surface area contributed by atoms with E-state index in [4.69, 9.17) is 11.6 Å². The molecule has 4 aliphatic rings. The highest BCUT2D eigenvalue weighted by atomic mass is 35.5. The standard InChI is InChI=1S/C57H65ClF3N9O7S3/c1-56(2)21-18-50(41-8-12-44(58)13-9-41)43(34-56)38-68-28-30-69(31-29-68)46-14-10-42(11-15-46)54(72)65-80(76,77)49-16-17-51(52(33-49)79(74,75)57(59,60)61)63-45(39-78-48-6-4-3-5-7-48)19-22-66-24-26-67(27-25-66)37-40-32-47(36-62-35-40)70-23-20-53(71)64-55(70)73/h3-17,32-33,35-36,45,63H,18-31,34,37-39H2,1-2H3,(H,65,72)(H,64,71,73)/t45-/m1/s1. The number of aromatic nitrogens is 1. The minimum absolute atomic E-state index is 0.0216. The Morgan fingerprint density at radius 3 is 2.15 bits per heavy atom. The van der Waals surface area contributed by atoms with E-state index in [1.165, 1.54) is 45.5 Å². The van der Waals surface area contributed by atoms with E-state index in [1.807, 2.05) is 53.3 Å². The maximum absolute atomic E-state index is 14.5. The van der Waals surface area contributed by atoms with Crippen LogP contribution in [0.15, 0.2) is 136 Å². The fourth-order valence-electron chi connectivity index (χ4n) is 10.6. The number of carbonyl (C=O) groups excluding carboxylic acids is 3. The summed E-state index contributed by atoms with van der Waals surface area (Å²) in [5.74, 6) is -1.06. The van der Waals surface area contributed by atoms with Crippen molar-refractivity contribution in [1.29, 1.82) is 0 Å². The second kappa shape index (κ2) is 25.0. The van der Waals surface area contributed by atoms with Gasteiger partial charge in [0, 0.05) is 124 Å². The Bertz CT molecular complexity index is 3300. The lowest BCUT2D eigenvalue weighted by Gasteiger charge is -2.39. The van der Waals surface area contributed by atoms with Crippen LogP contribution in [0.2, 0.25) is 5.02 Å². The summed E-state index contributed by atoms with van der Waals surface area (Å²) in [5.41, 5.74) is 0.291. The number of allylic oxidation sites excluding steroid dienone is 1. The number of hydrogen-bond donors (Lipinski definition) is 3. The molecule has 9 rings (SSSR count). The van der Waals surface area contributed by atoms with Gasteiger partial charge in [0.15, 0.2) is 0 Å². The lowest BCUT2D eigenvalue weighted by atomic mass is 9.73. The summed E-state index contributed by atoms with van der Waals surface area (Å²) in [6.07, 6.45) is 6.99. The quantitative estimate of drug-likeness (QED) is 0.0665. The molecule has 5 aromatic rings. The topological polar surface area (TPSA) is 185 Å². The van der Waals surface area contributed by atoms with E-state index in [1.54, 1.807) is 24.5 Å². The smallest absolute Gasteiger partial charge is 0.380 e. The van der Waals surface area contributed by atoms with Gasteiger partial charge in [-0.05, 0) is 121 Å². The summed E-state index contributed by atoms with van der Waals surface area (Å²) in [5, 5.41) is 6.07. The van der Waals surface area contributed by atoms with Gasteiger partial charge in [0.1, 0.15) is 4.90 Å². The molecule has 0 unspecified atom stereocenters. The highest BCUT2D eigenvalue weighted by Crippen LogP contribution is 2.43. The maximum Gasteiger partial charge on any atom is 0.501 e. The van der Waals surface area contributed by atoms with Crippen molar-refractivity contribution in [2.45, 2.75) is 78.7 Å². The van der Waals surface area contributed by atoms with Gasteiger partial charge in [-0.1, -0.05) is 61.4 Å². The molecule has 80 heavy (non-hydrogen) atoms. The number of sulfonamides is 1. The van der Waals surface area contributed by atoms with Crippen molar-refractivity contribution in [2.75, 3.05) is 92.9 Å². The van der Waals surface area contributed by atoms with Gasteiger partial charge in [0.25, 0.3) is 25.8 Å². The Hall–Kier alpha value is -6.01. The first-order chi connectivity index (χ1) is 38.1.